The number of carboxylic acid groups (broad SMARTS) is 1. The summed E-state index contributed by atoms with van der Waals surface area (Å²) in [6.45, 7) is 3.32. The molecular weight excluding hydrogens is 168 g/mol. The van der Waals surface area contributed by atoms with Gasteiger partial charge in [-0.15, -0.1) is 0 Å². The van der Waals surface area contributed by atoms with Gasteiger partial charge in [0.2, 0.25) is 0 Å². The van der Waals surface area contributed by atoms with E-state index in [-0.39, 0.29) is 5.71 Å². The van der Waals surface area contributed by atoms with Crippen LogP contribution in [0.2, 0.25) is 0 Å². The normalized spacial score (nSPS) is 19.8. The van der Waals surface area contributed by atoms with Crippen LogP contribution < -0.4 is 0 Å². The van der Waals surface area contributed by atoms with E-state index in [4.69, 9.17) is 5.11 Å². The zero-order chi connectivity index (χ0) is 9.68. The molecule has 0 saturated carbocycles. The first-order valence-electron chi connectivity index (χ1n) is 4.73. The fourth-order valence-corrected chi connectivity index (χ4v) is 1.41. The van der Waals surface area contributed by atoms with E-state index in [0.29, 0.717) is 0 Å². The van der Waals surface area contributed by atoms with Gasteiger partial charge in [-0.2, -0.15) is 5.10 Å². The zero-order valence-electron chi connectivity index (χ0n) is 7.99. The lowest BCUT2D eigenvalue weighted by Crippen LogP contribution is -2.22. The van der Waals surface area contributed by atoms with Gasteiger partial charge in [-0.1, -0.05) is 12.8 Å². The molecule has 4 heteroatoms. The summed E-state index contributed by atoms with van der Waals surface area (Å²) >= 11 is 0. The third-order valence-electron chi connectivity index (χ3n) is 2.18. The molecule has 0 bridgehead atoms. The van der Waals surface area contributed by atoms with Crippen molar-refractivity contribution in [3.05, 3.63) is 0 Å². The Morgan fingerprint density at radius 1 is 1.23 bits per heavy atom. The molecule has 1 rings (SSSR count). The van der Waals surface area contributed by atoms with Gasteiger partial charge < -0.3 is 5.11 Å². The van der Waals surface area contributed by atoms with Gasteiger partial charge in [0.25, 0.3) is 0 Å². The molecular formula is C9H16N2O2. The average molecular weight is 184 g/mol. The number of aliphatic carboxylic acids is 1. The van der Waals surface area contributed by atoms with E-state index >= 15 is 0 Å². The molecule has 0 aromatic rings. The van der Waals surface area contributed by atoms with E-state index in [1.165, 1.54) is 19.8 Å². The summed E-state index contributed by atoms with van der Waals surface area (Å²) in [4.78, 5) is 10.5. The van der Waals surface area contributed by atoms with Crippen molar-refractivity contribution in [2.24, 2.45) is 5.10 Å². The van der Waals surface area contributed by atoms with Crippen LogP contribution in [-0.2, 0) is 4.79 Å². The van der Waals surface area contributed by atoms with Gasteiger partial charge in [0.15, 0.2) is 0 Å². The van der Waals surface area contributed by atoms with Crippen molar-refractivity contribution < 1.29 is 9.90 Å². The van der Waals surface area contributed by atoms with E-state index in [2.05, 4.69) is 5.10 Å². The van der Waals surface area contributed by atoms with Crippen molar-refractivity contribution >= 4 is 11.7 Å². The Morgan fingerprint density at radius 3 is 2.23 bits per heavy atom. The predicted octanol–water partition coefficient (Wildman–Crippen LogP) is 1.32. The maximum atomic E-state index is 10.5. The van der Waals surface area contributed by atoms with E-state index in [1.54, 1.807) is 0 Å². The quantitative estimate of drug-likeness (QED) is 0.658. The van der Waals surface area contributed by atoms with E-state index in [9.17, 15) is 4.79 Å². The zero-order valence-corrected chi connectivity index (χ0v) is 7.99. The summed E-state index contributed by atoms with van der Waals surface area (Å²) in [7, 11) is 0. The lowest BCUT2D eigenvalue weighted by atomic mass is 10.2. The minimum Gasteiger partial charge on any atom is -0.477 e. The molecule has 0 aromatic heterocycles. The molecule has 1 heterocycles. The van der Waals surface area contributed by atoms with Crippen molar-refractivity contribution in [3.63, 3.8) is 0 Å². The van der Waals surface area contributed by atoms with Crippen molar-refractivity contribution in [1.29, 1.82) is 0 Å². The number of rotatable bonds is 2. The van der Waals surface area contributed by atoms with Crippen molar-refractivity contribution in [3.8, 4) is 0 Å². The maximum absolute atomic E-state index is 10.5. The molecule has 1 fully saturated rings. The third-order valence-corrected chi connectivity index (χ3v) is 2.18. The van der Waals surface area contributed by atoms with Gasteiger partial charge in [0.1, 0.15) is 5.71 Å². The van der Waals surface area contributed by atoms with Crippen LogP contribution in [0.1, 0.15) is 32.6 Å². The molecule has 1 aliphatic rings. The third kappa shape index (κ3) is 3.44. The standard InChI is InChI=1S/C9H16N2O2/c1-8(9(12)13)10-11-6-4-2-3-5-7-11/h2-7H2,1H3,(H,12,13)/b10-8+. The Kier molecular flexibility index (Phi) is 3.73. The molecule has 0 aliphatic carbocycles. The molecule has 0 atom stereocenters. The van der Waals surface area contributed by atoms with E-state index < -0.39 is 5.97 Å². The number of carboxylic acids is 1. The highest BCUT2D eigenvalue weighted by Gasteiger charge is 2.08. The first kappa shape index (κ1) is 10.0. The summed E-state index contributed by atoms with van der Waals surface area (Å²) in [6.07, 6.45) is 4.71. The number of hydrazone groups is 1. The lowest BCUT2D eigenvalue weighted by Gasteiger charge is -2.15. The number of nitrogens with zero attached hydrogens (tertiary/aromatic N) is 2. The Balaban J connectivity index is 2.50. The second-order valence-corrected chi connectivity index (χ2v) is 3.36. The highest BCUT2D eigenvalue weighted by Crippen LogP contribution is 2.09. The molecule has 0 aromatic carbocycles. The fraction of sp³-hybridized carbons (Fsp3) is 0.778. The molecule has 1 N–H and O–H groups in total. The minimum absolute atomic E-state index is 0.182. The molecule has 4 nitrogen and oxygen atoms in total. The summed E-state index contributed by atoms with van der Waals surface area (Å²) in [5.74, 6) is -0.927. The first-order valence-corrected chi connectivity index (χ1v) is 4.73. The van der Waals surface area contributed by atoms with Gasteiger partial charge >= 0.3 is 5.97 Å². The Labute approximate surface area is 78.2 Å². The van der Waals surface area contributed by atoms with Crippen LogP contribution in [-0.4, -0.2) is 34.9 Å². The number of hydrogen-bond acceptors (Lipinski definition) is 3. The van der Waals surface area contributed by atoms with Crippen LogP contribution in [0.25, 0.3) is 0 Å². The molecule has 74 valence electrons. The van der Waals surface area contributed by atoms with E-state index in [1.807, 2.05) is 5.01 Å². The van der Waals surface area contributed by atoms with Crippen molar-refractivity contribution in [2.75, 3.05) is 13.1 Å². The smallest absolute Gasteiger partial charge is 0.351 e. The van der Waals surface area contributed by atoms with Crippen LogP contribution in [0.4, 0.5) is 0 Å². The van der Waals surface area contributed by atoms with Crippen molar-refractivity contribution in [2.45, 2.75) is 32.6 Å². The highest BCUT2D eigenvalue weighted by atomic mass is 16.4. The Morgan fingerprint density at radius 2 is 1.77 bits per heavy atom. The summed E-state index contributed by atoms with van der Waals surface area (Å²) in [5, 5.41) is 14.5. The number of carbonyl (C=O) groups is 1. The predicted molar refractivity (Wildman–Crippen MR) is 50.8 cm³/mol. The van der Waals surface area contributed by atoms with E-state index in [0.717, 1.165) is 25.9 Å². The van der Waals surface area contributed by atoms with Crippen LogP contribution in [0.5, 0.6) is 0 Å². The van der Waals surface area contributed by atoms with Crippen LogP contribution >= 0.6 is 0 Å². The fourth-order valence-electron chi connectivity index (χ4n) is 1.41. The molecule has 1 aliphatic heterocycles. The van der Waals surface area contributed by atoms with Gasteiger partial charge in [0.05, 0.1) is 0 Å². The van der Waals surface area contributed by atoms with Gasteiger partial charge in [-0.3, -0.25) is 5.01 Å². The first-order chi connectivity index (χ1) is 6.20. The summed E-state index contributed by atoms with van der Waals surface area (Å²) in [6, 6.07) is 0. The molecule has 0 unspecified atom stereocenters. The lowest BCUT2D eigenvalue weighted by molar-refractivity contribution is -0.129. The second kappa shape index (κ2) is 4.84. The maximum Gasteiger partial charge on any atom is 0.351 e. The molecule has 0 radical (unpaired) electrons. The van der Waals surface area contributed by atoms with Gasteiger partial charge in [-0.25, -0.2) is 4.79 Å². The van der Waals surface area contributed by atoms with Gasteiger partial charge in [-0.05, 0) is 19.8 Å². The van der Waals surface area contributed by atoms with Crippen LogP contribution in [0.3, 0.4) is 0 Å². The highest BCUT2D eigenvalue weighted by molar-refractivity contribution is 6.34. The average Bonchev–Trinajstić information content (AvgIpc) is 2.32. The molecule has 0 spiro atoms. The number of hydrogen-bond donors (Lipinski definition) is 1. The Bertz CT molecular complexity index is 206. The monoisotopic (exact) mass is 184 g/mol. The minimum atomic E-state index is -0.927. The molecule has 1 saturated heterocycles. The Hall–Kier alpha value is -1.06. The van der Waals surface area contributed by atoms with Crippen LogP contribution in [0, 0.1) is 0 Å². The molecule has 13 heavy (non-hydrogen) atoms. The SMILES string of the molecule is C/C(=N\N1CCCCCC1)C(=O)O. The van der Waals surface area contributed by atoms with Crippen LogP contribution in [0.15, 0.2) is 5.10 Å². The van der Waals surface area contributed by atoms with Crippen molar-refractivity contribution in [1.82, 2.24) is 5.01 Å². The topological polar surface area (TPSA) is 52.9 Å². The second-order valence-electron chi connectivity index (χ2n) is 3.36. The summed E-state index contributed by atoms with van der Waals surface area (Å²) < 4.78 is 0. The largest absolute Gasteiger partial charge is 0.477 e. The molecule has 0 amide bonds. The van der Waals surface area contributed by atoms with Gasteiger partial charge in [0, 0.05) is 13.1 Å². The summed E-state index contributed by atoms with van der Waals surface area (Å²) in [5.41, 5.74) is 0.182.